The molecule has 0 amide bonds. The van der Waals surface area contributed by atoms with Crippen molar-refractivity contribution in [1.29, 1.82) is 0 Å². The average Bonchev–Trinajstić information content (AvgIpc) is 2.31. The molecule has 16 heavy (non-hydrogen) atoms. The summed E-state index contributed by atoms with van der Waals surface area (Å²) < 4.78 is 11.5. The minimum Gasteiger partial charge on any atom is -0.497 e. The average molecular weight is 288 g/mol. The van der Waals surface area contributed by atoms with Gasteiger partial charge >= 0.3 is 0 Å². The highest BCUT2D eigenvalue weighted by Crippen LogP contribution is 2.23. The molecule has 3 nitrogen and oxygen atoms in total. The molecule has 1 unspecified atom stereocenters. The molecule has 0 aliphatic rings. The van der Waals surface area contributed by atoms with Crippen molar-refractivity contribution in [2.75, 3.05) is 27.9 Å². The zero-order valence-corrected chi connectivity index (χ0v) is 11.5. The van der Waals surface area contributed by atoms with Gasteiger partial charge in [0.2, 0.25) is 0 Å². The Balaban J connectivity index is 2.77. The maximum atomic E-state index is 5.21. The van der Waals surface area contributed by atoms with Crippen molar-refractivity contribution in [2.45, 2.75) is 12.5 Å². The van der Waals surface area contributed by atoms with Crippen LogP contribution in [0.2, 0.25) is 0 Å². The van der Waals surface area contributed by atoms with Gasteiger partial charge < -0.3 is 14.8 Å². The smallest absolute Gasteiger partial charge is 0.119 e. The molecule has 0 fully saturated rings. The predicted molar refractivity (Wildman–Crippen MR) is 69.1 cm³/mol. The summed E-state index contributed by atoms with van der Waals surface area (Å²) in [6.07, 6.45) is 0.905. The van der Waals surface area contributed by atoms with Gasteiger partial charge in [0.15, 0.2) is 0 Å². The highest BCUT2D eigenvalue weighted by Gasteiger charge is 2.10. The predicted octanol–water partition coefficient (Wildman–Crippen LogP) is 2.23. The van der Waals surface area contributed by atoms with E-state index in [1.807, 2.05) is 25.2 Å². The zero-order chi connectivity index (χ0) is 12.0. The number of rotatable bonds is 6. The quantitative estimate of drug-likeness (QED) is 0.871. The summed E-state index contributed by atoms with van der Waals surface area (Å²) in [6.45, 7) is 0.695. The van der Waals surface area contributed by atoms with Crippen LogP contribution in [0.25, 0.3) is 0 Å². The van der Waals surface area contributed by atoms with Crippen LogP contribution in [0.4, 0.5) is 0 Å². The molecule has 0 bridgehead atoms. The van der Waals surface area contributed by atoms with E-state index in [9.17, 15) is 0 Å². The van der Waals surface area contributed by atoms with Crippen LogP contribution >= 0.6 is 15.9 Å². The molecule has 0 aromatic heterocycles. The molecule has 0 aliphatic heterocycles. The lowest BCUT2D eigenvalue weighted by atomic mass is 10.1. The van der Waals surface area contributed by atoms with Gasteiger partial charge in [0.05, 0.1) is 13.7 Å². The Hall–Kier alpha value is -0.580. The second kappa shape index (κ2) is 6.89. The van der Waals surface area contributed by atoms with Gasteiger partial charge in [-0.25, -0.2) is 0 Å². The van der Waals surface area contributed by atoms with E-state index in [0.717, 1.165) is 16.6 Å². The molecular weight excluding hydrogens is 270 g/mol. The van der Waals surface area contributed by atoms with Gasteiger partial charge in [0.1, 0.15) is 5.75 Å². The van der Waals surface area contributed by atoms with Crippen molar-refractivity contribution < 1.29 is 9.47 Å². The van der Waals surface area contributed by atoms with Crippen molar-refractivity contribution >= 4 is 15.9 Å². The Labute approximate surface area is 105 Å². The number of likely N-dealkylation sites (N-methyl/N-ethyl adjacent to an activating group) is 1. The molecule has 1 aromatic rings. The van der Waals surface area contributed by atoms with Crippen LogP contribution in [0.15, 0.2) is 22.7 Å². The van der Waals surface area contributed by atoms with E-state index in [1.54, 1.807) is 14.2 Å². The molecular formula is C12H18BrNO2. The summed E-state index contributed by atoms with van der Waals surface area (Å²) >= 11 is 3.54. The number of halogens is 1. The summed E-state index contributed by atoms with van der Waals surface area (Å²) in [4.78, 5) is 0. The van der Waals surface area contributed by atoms with Gasteiger partial charge in [-0.15, -0.1) is 0 Å². The second-order valence-corrected chi connectivity index (χ2v) is 4.46. The number of hydrogen-bond donors (Lipinski definition) is 1. The Bertz CT molecular complexity index is 331. The minimum atomic E-state index is 0.313. The van der Waals surface area contributed by atoms with E-state index in [0.29, 0.717) is 12.6 Å². The molecule has 1 aromatic carbocycles. The van der Waals surface area contributed by atoms with Gasteiger partial charge in [0.25, 0.3) is 0 Å². The first kappa shape index (κ1) is 13.5. The second-order valence-electron chi connectivity index (χ2n) is 3.60. The molecule has 0 saturated heterocycles. The molecule has 1 rings (SSSR count). The van der Waals surface area contributed by atoms with E-state index in [2.05, 4.69) is 21.2 Å². The van der Waals surface area contributed by atoms with Crippen molar-refractivity contribution in [3.8, 4) is 5.75 Å². The van der Waals surface area contributed by atoms with Crippen LogP contribution in [0, 0.1) is 0 Å². The van der Waals surface area contributed by atoms with Gasteiger partial charge in [-0.2, -0.15) is 0 Å². The SMILES string of the molecule is CNC(COC)Cc1cc(OC)ccc1Br. The number of hydrogen-bond acceptors (Lipinski definition) is 3. The van der Waals surface area contributed by atoms with Crippen molar-refractivity contribution in [1.82, 2.24) is 5.32 Å². The van der Waals surface area contributed by atoms with Crippen LogP contribution < -0.4 is 10.1 Å². The molecule has 4 heteroatoms. The summed E-state index contributed by atoms with van der Waals surface area (Å²) in [6, 6.07) is 6.31. The highest BCUT2D eigenvalue weighted by molar-refractivity contribution is 9.10. The van der Waals surface area contributed by atoms with Crippen LogP contribution in [-0.2, 0) is 11.2 Å². The van der Waals surface area contributed by atoms with Crippen molar-refractivity contribution in [2.24, 2.45) is 0 Å². The van der Waals surface area contributed by atoms with Gasteiger partial charge in [-0.1, -0.05) is 15.9 Å². The van der Waals surface area contributed by atoms with Crippen LogP contribution in [-0.4, -0.2) is 33.9 Å². The third kappa shape index (κ3) is 3.77. The van der Waals surface area contributed by atoms with Gasteiger partial charge in [-0.3, -0.25) is 0 Å². The van der Waals surface area contributed by atoms with E-state index in [-0.39, 0.29) is 0 Å². The Morgan fingerprint density at radius 3 is 2.69 bits per heavy atom. The fourth-order valence-electron chi connectivity index (χ4n) is 1.55. The van der Waals surface area contributed by atoms with E-state index in [4.69, 9.17) is 9.47 Å². The van der Waals surface area contributed by atoms with Gasteiger partial charge in [0, 0.05) is 17.6 Å². The summed E-state index contributed by atoms with van der Waals surface area (Å²) in [5, 5.41) is 3.23. The van der Waals surface area contributed by atoms with Gasteiger partial charge in [-0.05, 0) is 37.2 Å². The lowest BCUT2D eigenvalue weighted by Gasteiger charge is -2.16. The molecule has 90 valence electrons. The highest BCUT2D eigenvalue weighted by atomic mass is 79.9. The maximum absolute atomic E-state index is 5.21. The summed E-state index contributed by atoms with van der Waals surface area (Å²) in [5.41, 5.74) is 1.22. The fourth-order valence-corrected chi connectivity index (χ4v) is 1.95. The molecule has 1 atom stereocenters. The van der Waals surface area contributed by atoms with Crippen LogP contribution in [0.1, 0.15) is 5.56 Å². The normalized spacial score (nSPS) is 12.5. The molecule has 0 radical (unpaired) electrons. The Morgan fingerprint density at radius 1 is 1.38 bits per heavy atom. The maximum Gasteiger partial charge on any atom is 0.119 e. The first-order valence-electron chi connectivity index (χ1n) is 5.20. The number of ether oxygens (including phenoxy) is 2. The standard InChI is InChI=1S/C12H18BrNO2/c1-14-10(8-15-2)6-9-7-11(16-3)4-5-12(9)13/h4-5,7,10,14H,6,8H2,1-3H3. The third-order valence-corrected chi connectivity index (χ3v) is 3.27. The van der Waals surface area contributed by atoms with E-state index >= 15 is 0 Å². The van der Waals surface area contributed by atoms with Crippen LogP contribution in [0.5, 0.6) is 5.75 Å². The number of nitrogens with one attached hydrogen (secondary N) is 1. The fraction of sp³-hybridized carbons (Fsp3) is 0.500. The van der Waals surface area contributed by atoms with E-state index < -0.39 is 0 Å². The third-order valence-electron chi connectivity index (χ3n) is 2.50. The molecule has 0 spiro atoms. The molecule has 1 N–H and O–H groups in total. The largest absolute Gasteiger partial charge is 0.497 e. The van der Waals surface area contributed by atoms with Crippen molar-refractivity contribution in [3.63, 3.8) is 0 Å². The summed E-state index contributed by atoms with van der Waals surface area (Å²) in [5.74, 6) is 0.880. The molecule has 0 heterocycles. The number of methoxy groups -OCH3 is 2. The Kier molecular flexibility index (Phi) is 5.80. The molecule has 0 saturated carbocycles. The summed E-state index contributed by atoms with van der Waals surface area (Å²) in [7, 11) is 5.33. The van der Waals surface area contributed by atoms with Crippen LogP contribution in [0.3, 0.4) is 0 Å². The molecule has 0 aliphatic carbocycles. The first-order chi connectivity index (χ1) is 7.71. The van der Waals surface area contributed by atoms with E-state index in [1.165, 1.54) is 5.56 Å². The monoisotopic (exact) mass is 287 g/mol. The number of benzene rings is 1. The van der Waals surface area contributed by atoms with Crippen molar-refractivity contribution in [3.05, 3.63) is 28.2 Å². The lowest BCUT2D eigenvalue weighted by Crippen LogP contribution is -2.32. The minimum absolute atomic E-state index is 0.313. The first-order valence-corrected chi connectivity index (χ1v) is 5.99. The Morgan fingerprint density at radius 2 is 2.12 bits per heavy atom. The topological polar surface area (TPSA) is 30.5 Å². The lowest BCUT2D eigenvalue weighted by molar-refractivity contribution is 0.169. The zero-order valence-electron chi connectivity index (χ0n) is 9.92.